The Morgan fingerprint density at radius 1 is 1.24 bits per heavy atom. The van der Waals surface area contributed by atoms with Crippen molar-refractivity contribution in [3.05, 3.63) is 40.4 Å². The van der Waals surface area contributed by atoms with Crippen LogP contribution in [0.3, 0.4) is 0 Å². The number of piperidine rings is 1. The zero-order valence-corrected chi connectivity index (χ0v) is 19.7. The molecule has 0 saturated carbocycles. The van der Waals surface area contributed by atoms with Crippen LogP contribution in [0.5, 0.6) is 5.75 Å². The molecule has 12 heteroatoms. The molecule has 2 saturated heterocycles. The van der Waals surface area contributed by atoms with E-state index in [-0.39, 0.29) is 46.6 Å². The summed E-state index contributed by atoms with van der Waals surface area (Å²) in [6.07, 6.45) is -3.00. The first-order chi connectivity index (χ1) is 16.1. The van der Waals surface area contributed by atoms with Gasteiger partial charge in [0.25, 0.3) is 0 Å². The van der Waals surface area contributed by atoms with E-state index in [2.05, 4.69) is 11.9 Å². The molecule has 2 fully saturated rings. The number of alkyl halides is 3. The Bertz CT molecular complexity index is 903. The van der Waals surface area contributed by atoms with E-state index in [1.165, 1.54) is 18.2 Å². The summed E-state index contributed by atoms with van der Waals surface area (Å²) in [5, 5.41) is 2.36. The SMILES string of the molecule is C=CCOc1cc(Cl)c(Cl)cc1[C@H](NC(=O)C(F)(F)F)C1CCN(C(=O)COC2COC2)CC1. The Kier molecular flexibility index (Phi) is 9.08. The highest BCUT2D eigenvalue weighted by Crippen LogP contribution is 2.40. The van der Waals surface area contributed by atoms with E-state index in [4.69, 9.17) is 37.4 Å². The number of rotatable bonds is 9. The maximum Gasteiger partial charge on any atom is 0.471 e. The molecule has 0 aromatic heterocycles. The molecule has 0 aliphatic carbocycles. The number of carbonyl (C=O) groups is 2. The highest BCUT2D eigenvalue weighted by molar-refractivity contribution is 6.42. The molecule has 1 aromatic carbocycles. The summed E-state index contributed by atoms with van der Waals surface area (Å²) in [6.45, 7) is 5.07. The second-order valence-electron chi connectivity index (χ2n) is 8.04. The number of benzene rings is 1. The maximum atomic E-state index is 13.1. The molecule has 2 aliphatic heterocycles. The van der Waals surface area contributed by atoms with Gasteiger partial charge in [0.1, 0.15) is 25.1 Å². The van der Waals surface area contributed by atoms with Crippen molar-refractivity contribution >= 4 is 35.0 Å². The minimum Gasteiger partial charge on any atom is -0.489 e. The van der Waals surface area contributed by atoms with Crippen LogP contribution < -0.4 is 10.1 Å². The lowest BCUT2D eigenvalue weighted by atomic mass is 9.84. The van der Waals surface area contributed by atoms with Crippen LogP contribution in [0.1, 0.15) is 24.4 Å². The fourth-order valence-corrected chi connectivity index (χ4v) is 4.13. The Labute approximate surface area is 205 Å². The monoisotopic (exact) mass is 524 g/mol. The minimum absolute atomic E-state index is 0.0733. The summed E-state index contributed by atoms with van der Waals surface area (Å²) >= 11 is 12.2. The summed E-state index contributed by atoms with van der Waals surface area (Å²) in [5.74, 6) is -2.50. The number of hydrogen-bond donors (Lipinski definition) is 1. The van der Waals surface area contributed by atoms with E-state index in [9.17, 15) is 22.8 Å². The van der Waals surface area contributed by atoms with Gasteiger partial charge in [-0.15, -0.1) is 0 Å². The molecule has 2 heterocycles. The van der Waals surface area contributed by atoms with Gasteiger partial charge >= 0.3 is 12.1 Å². The van der Waals surface area contributed by atoms with E-state index in [1.807, 2.05) is 0 Å². The minimum atomic E-state index is -5.07. The lowest BCUT2D eigenvalue weighted by Crippen LogP contribution is -2.47. The third kappa shape index (κ3) is 6.78. The molecule has 0 spiro atoms. The first-order valence-corrected chi connectivity index (χ1v) is 11.4. The van der Waals surface area contributed by atoms with Crippen LogP contribution in [0.4, 0.5) is 13.2 Å². The Morgan fingerprint density at radius 2 is 1.88 bits per heavy atom. The quantitative estimate of drug-likeness (QED) is 0.495. The molecular weight excluding hydrogens is 500 g/mol. The van der Waals surface area contributed by atoms with Crippen molar-refractivity contribution in [3.8, 4) is 5.75 Å². The highest BCUT2D eigenvalue weighted by Gasteiger charge is 2.42. The molecule has 2 aliphatic rings. The van der Waals surface area contributed by atoms with Gasteiger partial charge < -0.3 is 24.4 Å². The lowest BCUT2D eigenvalue weighted by Gasteiger charge is -2.37. The maximum absolute atomic E-state index is 13.1. The predicted molar refractivity (Wildman–Crippen MR) is 119 cm³/mol. The summed E-state index contributed by atoms with van der Waals surface area (Å²) in [4.78, 5) is 25.9. The number of carbonyl (C=O) groups excluding carboxylic acids is 2. The van der Waals surface area contributed by atoms with Gasteiger partial charge in [0, 0.05) is 24.7 Å². The van der Waals surface area contributed by atoms with E-state index in [0.29, 0.717) is 39.1 Å². The van der Waals surface area contributed by atoms with Crippen LogP contribution in [0.2, 0.25) is 10.0 Å². The van der Waals surface area contributed by atoms with Crippen LogP contribution in [0.15, 0.2) is 24.8 Å². The third-order valence-electron chi connectivity index (χ3n) is 5.70. The van der Waals surface area contributed by atoms with Crippen molar-refractivity contribution in [2.45, 2.75) is 31.2 Å². The van der Waals surface area contributed by atoms with Gasteiger partial charge in [-0.3, -0.25) is 9.59 Å². The molecule has 2 amide bonds. The average Bonchev–Trinajstić information content (AvgIpc) is 2.76. The van der Waals surface area contributed by atoms with Gasteiger partial charge in [0.2, 0.25) is 5.91 Å². The number of nitrogens with zero attached hydrogens (tertiary/aromatic N) is 1. The Balaban J connectivity index is 1.78. The molecule has 188 valence electrons. The third-order valence-corrected chi connectivity index (χ3v) is 6.42. The van der Waals surface area contributed by atoms with E-state index in [1.54, 1.807) is 4.90 Å². The van der Waals surface area contributed by atoms with Gasteiger partial charge in [-0.25, -0.2) is 0 Å². The first-order valence-electron chi connectivity index (χ1n) is 10.7. The molecule has 7 nitrogen and oxygen atoms in total. The van der Waals surface area contributed by atoms with Gasteiger partial charge in [-0.2, -0.15) is 13.2 Å². The molecule has 3 rings (SSSR count). The van der Waals surface area contributed by atoms with Crippen molar-refractivity contribution in [2.24, 2.45) is 5.92 Å². The normalized spacial score (nSPS) is 18.2. The van der Waals surface area contributed by atoms with Gasteiger partial charge in [0.05, 0.1) is 29.3 Å². The zero-order valence-electron chi connectivity index (χ0n) is 18.2. The number of ether oxygens (including phenoxy) is 3. The highest BCUT2D eigenvalue weighted by atomic mass is 35.5. The van der Waals surface area contributed by atoms with Gasteiger partial charge in [-0.05, 0) is 24.8 Å². The standard InChI is InChI=1S/C22H25Cl2F3N2O5/c1-2-7-33-18-9-17(24)16(23)8-15(18)20(28-21(31)22(25,26)27)13-3-5-29(6-4-13)19(30)12-34-14-10-32-11-14/h2,8-9,13-14,20H,1,3-7,10-12H2,(H,28,31)/t20-/m1/s1. The van der Waals surface area contributed by atoms with Crippen LogP contribution in [-0.4, -0.2) is 68.5 Å². The van der Waals surface area contributed by atoms with Gasteiger partial charge in [-0.1, -0.05) is 35.9 Å². The van der Waals surface area contributed by atoms with Crippen LogP contribution in [0.25, 0.3) is 0 Å². The van der Waals surface area contributed by atoms with Crippen molar-refractivity contribution in [2.75, 3.05) is 39.5 Å². The molecule has 0 radical (unpaired) electrons. The Morgan fingerprint density at radius 3 is 2.44 bits per heavy atom. The number of amides is 2. The second kappa shape index (κ2) is 11.6. The smallest absolute Gasteiger partial charge is 0.471 e. The predicted octanol–water partition coefficient (Wildman–Crippen LogP) is 3.93. The van der Waals surface area contributed by atoms with E-state index in [0.717, 1.165) is 0 Å². The van der Waals surface area contributed by atoms with Crippen molar-refractivity contribution in [3.63, 3.8) is 0 Å². The topological polar surface area (TPSA) is 77.1 Å². The average molecular weight is 525 g/mol. The summed E-state index contributed by atoms with van der Waals surface area (Å²) in [5.41, 5.74) is 0.270. The lowest BCUT2D eigenvalue weighted by molar-refractivity contribution is -0.175. The van der Waals surface area contributed by atoms with E-state index < -0.39 is 24.0 Å². The number of nitrogens with one attached hydrogen (secondary N) is 1. The molecule has 0 unspecified atom stereocenters. The van der Waals surface area contributed by atoms with Crippen LogP contribution in [0, 0.1) is 5.92 Å². The van der Waals surface area contributed by atoms with E-state index >= 15 is 0 Å². The van der Waals surface area contributed by atoms with Crippen molar-refractivity contribution < 1.29 is 37.0 Å². The summed E-state index contributed by atoms with van der Waals surface area (Å²) in [6, 6.07) is 1.73. The molecule has 1 N–H and O–H groups in total. The number of hydrogen-bond acceptors (Lipinski definition) is 5. The van der Waals surface area contributed by atoms with Crippen molar-refractivity contribution in [1.29, 1.82) is 0 Å². The molecule has 0 bridgehead atoms. The van der Waals surface area contributed by atoms with Crippen LogP contribution >= 0.6 is 23.2 Å². The van der Waals surface area contributed by atoms with Crippen molar-refractivity contribution in [1.82, 2.24) is 10.2 Å². The fraction of sp³-hybridized carbons (Fsp3) is 0.545. The molecular formula is C22H25Cl2F3N2O5. The molecule has 34 heavy (non-hydrogen) atoms. The number of likely N-dealkylation sites (tertiary alicyclic amines) is 1. The van der Waals surface area contributed by atoms with Crippen LogP contribution in [-0.2, 0) is 19.1 Å². The second-order valence-corrected chi connectivity index (χ2v) is 8.86. The Hall–Kier alpha value is -2.01. The summed E-state index contributed by atoms with van der Waals surface area (Å²) < 4.78 is 55.4. The fourth-order valence-electron chi connectivity index (χ4n) is 3.81. The molecule has 1 atom stereocenters. The summed E-state index contributed by atoms with van der Waals surface area (Å²) in [7, 11) is 0. The zero-order chi connectivity index (χ0) is 24.9. The first kappa shape index (κ1) is 26.6. The molecule has 1 aromatic rings. The largest absolute Gasteiger partial charge is 0.489 e. The van der Waals surface area contributed by atoms with Gasteiger partial charge in [0.15, 0.2) is 0 Å². The number of halogens is 5.